The van der Waals surface area contributed by atoms with Crippen LogP contribution < -0.4 is 16.0 Å². The Kier molecular flexibility index (Phi) is 6.27. The summed E-state index contributed by atoms with van der Waals surface area (Å²) in [6.45, 7) is 5.12. The van der Waals surface area contributed by atoms with Gasteiger partial charge in [-0.15, -0.1) is 0 Å². The van der Waals surface area contributed by atoms with Gasteiger partial charge in [-0.05, 0) is 30.2 Å². The summed E-state index contributed by atoms with van der Waals surface area (Å²) in [5.41, 5.74) is 3.70. The second-order valence-electron chi connectivity index (χ2n) is 7.57. The van der Waals surface area contributed by atoms with E-state index in [1.807, 2.05) is 13.8 Å². The molecule has 170 valence electrons. The summed E-state index contributed by atoms with van der Waals surface area (Å²) < 4.78 is 40.7. The molecule has 2 aromatic heterocycles. The first kappa shape index (κ1) is 22.0. The number of piperazine rings is 1. The number of alkyl halides is 3. The van der Waals surface area contributed by atoms with Crippen molar-refractivity contribution in [1.29, 1.82) is 0 Å². The maximum Gasteiger partial charge on any atom is 0.418 e. The van der Waals surface area contributed by atoms with Crippen LogP contribution >= 0.6 is 0 Å². The minimum Gasteiger partial charge on any atom is -0.391 e. The van der Waals surface area contributed by atoms with Crippen LogP contribution in [0.3, 0.4) is 0 Å². The van der Waals surface area contributed by atoms with Gasteiger partial charge in [0.2, 0.25) is 5.78 Å². The molecule has 0 saturated carbocycles. The zero-order valence-electron chi connectivity index (χ0n) is 16.6. The topological polar surface area (TPSA) is 104 Å². The summed E-state index contributed by atoms with van der Waals surface area (Å²) in [4.78, 5) is 22.5. The van der Waals surface area contributed by atoms with Crippen LogP contribution in [-0.4, -0.2) is 52.6 Å². The SMILES string of the molecule is CC(C)C(O)C1CN(c2ccc(C(F)(F)F)c(C(=O)c3cccnc3N)n2)CCN1.[HH].[HH].[HH].[HH]. The highest BCUT2D eigenvalue weighted by atomic mass is 19.4. The van der Waals surface area contributed by atoms with E-state index in [4.69, 9.17) is 5.73 Å². The van der Waals surface area contributed by atoms with E-state index in [0.717, 1.165) is 6.07 Å². The summed E-state index contributed by atoms with van der Waals surface area (Å²) >= 11 is 0. The van der Waals surface area contributed by atoms with E-state index in [-0.39, 0.29) is 34.9 Å². The van der Waals surface area contributed by atoms with Crippen molar-refractivity contribution in [2.24, 2.45) is 5.92 Å². The van der Waals surface area contributed by atoms with Crippen molar-refractivity contribution in [3.05, 3.63) is 47.3 Å². The molecule has 3 rings (SSSR count). The third kappa shape index (κ3) is 4.54. The second-order valence-corrected chi connectivity index (χ2v) is 7.57. The van der Waals surface area contributed by atoms with Gasteiger partial charge in [-0.2, -0.15) is 13.2 Å². The molecule has 0 aromatic carbocycles. The van der Waals surface area contributed by atoms with Gasteiger partial charge in [-0.3, -0.25) is 4.79 Å². The van der Waals surface area contributed by atoms with Crippen LogP contribution in [0, 0.1) is 5.92 Å². The van der Waals surface area contributed by atoms with Gasteiger partial charge in [-0.1, -0.05) is 13.8 Å². The van der Waals surface area contributed by atoms with Crippen molar-refractivity contribution in [1.82, 2.24) is 15.3 Å². The average Bonchev–Trinajstić information content (AvgIpc) is 2.72. The number of rotatable bonds is 5. The molecule has 1 fully saturated rings. The minimum absolute atomic E-state index is 0. The number of hydrogen-bond acceptors (Lipinski definition) is 7. The Morgan fingerprint density at radius 3 is 2.73 bits per heavy atom. The molecule has 1 saturated heterocycles. The lowest BCUT2D eigenvalue weighted by Gasteiger charge is -2.38. The molecule has 2 aromatic rings. The number of carbonyl (C=O) groups excluding carboxylic acids is 1. The number of nitrogens with zero attached hydrogens (tertiary/aromatic N) is 3. The number of aliphatic hydroxyl groups excluding tert-OH is 1. The molecule has 4 N–H and O–H groups in total. The van der Waals surface area contributed by atoms with Crippen LogP contribution in [0.5, 0.6) is 0 Å². The van der Waals surface area contributed by atoms with Crippen LogP contribution in [0.4, 0.5) is 24.8 Å². The second kappa shape index (κ2) is 8.57. The fourth-order valence-electron chi connectivity index (χ4n) is 3.44. The van der Waals surface area contributed by atoms with Gasteiger partial charge < -0.3 is 21.1 Å². The summed E-state index contributed by atoms with van der Waals surface area (Å²) in [5, 5.41) is 13.6. The molecule has 1 aliphatic rings. The zero-order valence-corrected chi connectivity index (χ0v) is 16.6. The molecule has 0 aliphatic carbocycles. The number of ketones is 1. The number of hydrogen-bond donors (Lipinski definition) is 3. The molecule has 2 unspecified atom stereocenters. The number of pyridine rings is 2. The highest BCUT2D eigenvalue weighted by Gasteiger charge is 2.38. The lowest BCUT2D eigenvalue weighted by Crippen LogP contribution is -2.57. The molecule has 0 radical (unpaired) electrons. The van der Waals surface area contributed by atoms with Crippen molar-refractivity contribution in [2.45, 2.75) is 32.2 Å². The molecular formula is C20H32F3N5O2. The van der Waals surface area contributed by atoms with Crippen molar-refractivity contribution in [3.63, 3.8) is 0 Å². The van der Waals surface area contributed by atoms with E-state index in [2.05, 4.69) is 15.3 Å². The summed E-state index contributed by atoms with van der Waals surface area (Å²) in [6, 6.07) is 4.58. The van der Waals surface area contributed by atoms with Crippen LogP contribution in [0.15, 0.2) is 30.5 Å². The van der Waals surface area contributed by atoms with Crippen molar-refractivity contribution < 1.29 is 28.8 Å². The first-order chi connectivity index (χ1) is 14.1. The molecular weight excluding hydrogens is 399 g/mol. The van der Waals surface area contributed by atoms with Crippen molar-refractivity contribution in [3.8, 4) is 0 Å². The zero-order chi connectivity index (χ0) is 22.1. The van der Waals surface area contributed by atoms with Gasteiger partial charge in [0.25, 0.3) is 0 Å². The molecule has 0 bridgehead atoms. The fraction of sp³-hybridized carbons (Fsp3) is 0.450. The quantitative estimate of drug-likeness (QED) is 0.625. The Bertz CT molecular complexity index is 937. The summed E-state index contributed by atoms with van der Waals surface area (Å²) in [5.74, 6) is -0.862. The fourth-order valence-corrected chi connectivity index (χ4v) is 3.44. The monoisotopic (exact) mass is 431 g/mol. The van der Waals surface area contributed by atoms with Crippen molar-refractivity contribution >= 4 is 17.4 Å². The lowest BCUT2D eigenvalue weighted by atomic mass is 9.98. The number of nitrogen functional groups attached to an aromatic ring is 1. The lowest BCUT2D eigenvalue weighted by molar-refractivity contribution is -0.138. The van der Waals surface area contributed by atoms with Gasteiger partial charge in [0, 0.05) is 31.5 Å². The minimum atomic E-state index is -4.76. The van der Waals surface area contributed by atoms with E-state index in [1.54, 1.807) is 4.90 Å². The van der Waals surface area contributed by atoms with Crippen LogP contribution in [0.25, 0.3) is 0 Å². The first-order valence-electron chi connectivity index (χ1n) is 9.59. The van der Waals surface area contributed by atoms with Crippen molar-refractivity contribution in [2.75, 3.05) is 30.3 Å². The average molecular weight is 432 g/mol. The number of nitrogens with two attached hydrogens (primary N) is 1. The number of halogens is 3. The Hall–Kier alpha value is -2.72. The Labute approximate surface area is 178 Å². The van der Waals surface area contributed by atoms with Gasteiger partial charge in [-0.25, -0.2) is 9.97 Å². The highest BCUT2D eigenvalue weighted by Crippen LogP contribution is 2.34. The van der Waals surface area contributed by atoms with Crippen LogP contribution in [-0.2, 0) is 6.18 Å². The Balaban J connectivity index is 0. The highest BCUT2D eigenvalue weighted by molar-refractivity contribution is 6.11. The van der Waals surface area contributed by atoms with Gasteiger partial charge in [0.15, 0.2) is 0 Å². The number of anilines is 2. The van der Waals surface area contributed by atoms with E-state index >= 15 is 0 Å². The number of carbonyl (C=O) groups is 1. The Morgan fingerprint density at radius 1 is 1.37 bits per heavy atom. The largest absolute Gasteiger partial charge is 0.418 e. The van der Waals surface area contributed by atoms with Crippen LogP contribution in [0.2, 0.25) is 0 Å². The Morgan fingerprint density at radius 2 is 2.10 bits per heavy atom. The molecule has 10 heteroatoms. The molecule has 30 heavy (non-hydrogen) atoms. The molecule has 0 amide bonds. The van der Waals surface area contributed by atoms with E-state index in [0.29, 0.717) is 19.6 Å². The number of nitrogens with one attached hydrogen (secondary N) is 1. The van der Waals surface area contributed by atoms with E-state index in [9.17, 15) is 23.1 Å². The number of aromatic nitrogens is 2. The molecule has 0 spiro atoms. The van der Waals surface area contributed by atoms with E-state index in [1.165, 1.54) is 24.4 Å². The molecule has 2 atom stereocenters. The van der Waals surface area contributed by atoms with Gasteiger partial charge >= 0.3 is 6.18 Å². The number of aliphatic hydroxyl groups is 1. The van der Waals surface area contributed by atoms with E-state index < -0.39 is 29.3 Å². The third-order valence-corrected chi connectivity index (χ3v) is 5.11. The standard InChI is InChI=1S/C20H24F3N5O2.4H2/c1-11(2)17(29)14-10-28(9-8-25-14)15-6-5-13(20(21,22)23)16(27-15)18(30)12-4-3-7-26-19(12)24;;;;/h3-7,11,14,17,25,29H,8-10H2,1-2H3,(H2,24,26);4*1H. The molecule has 1 aliphatic heterocycles. The third-order valence-electron chi connectivity index (χ3n) is 5.11. The maximum absolute atomic E-state index is 13.6. The predicted octanol–water partition coefficient (Wildman–Crippen LogP) is 3.09. The smallest absolute Gasteiger partial charge is 0.391 e. The maximum atomic E-state index is 13.6. The summed E-state index contributed by atoms with van der Waals surface area (Å²) in [7, 11) is 0. The summed E-state index contributed by atoms with van der Waals surface area (Å²) in [6.07, 6.45) is -4.03. The molecule has 7 nitrogen and oxygen atoms in total. The van der Waals surface area contributed by atoms with Gasteiger partial charge in [0.1, 0.15) is 17.3 Å². The first-order valence-corrected chi connectivity index (χ1v) is 9.59. The van der Waals surface area contributed by atoms with Crippen LogP contribution in [0.1, 0.15) is 41.2 Å². The van der Waals surface area contributed by atoms with Gasteiger partial charge in [0.05, 0.1) is 23.3 Å². The predicted molar refractivity (Wildman–Crippen MR) is 115 cm³/mol. The molecule has 3 heterocycles. The normalized spacial score (nSPS) is 18.5.